The number of carbonyl (C=O) groups is 2. The second-order valence-corrected chi connectivity index (χ2v) is 7.55. The molecule has 0 fully saturated rings. The summed E-state index contributed by atoms with van der Waals surface area (Å²) in [5.74, 6) is 0.0994. The van der Waals surface area contributed by atoms with Crippen molar-refractivity contribution in [2.75, 3.05) is 12.3 Å². The van der Waals surface area contributed by atoms with Crippen molar-refractivity contribution in [1.82, 2.24) is 10.2 Å². The molecule has 0 spiro atoms. The summed E-state index contributed by atoms with van der Waals surface area (Å²) in [6.45, 7) is 4.76. The fraction of sp³-hybridized carbons (Fsp3) is 0.333. The van der Waals surface area contributed by atoms with E-state index in [1.54, 1.807) is 17.0 Å². The zero-order chi connectivity index (χ0) is 19.6. The summed E-state index contributed by atoms with van der Waals surface area (Å²) in [4.78, 5) is 28.1. The number of halogens is 1. The van der Waals surface area contributed by atoms with E-state index in [0.717, 1.165) is 10.5 Å². The zero-order valence-electron chi connectivity index (χ0n) is 15.7. The molecule has 0 heterocycles. The third-order valence-corrected chi connectivity index (χ3v) is 5.36. The van der Waals surface area contributed by atoms with Crippen LogP contribution in [0.3, 0.4) is 0 Å². The van der Waals surface area contributed by atoms with Crippen molar-refractivity contribution < 1.29 is 9.59 Å². The number of benzene rings is 2. The van der Waals surface area contributed by atoms with Crippen LogP contribution < -0.4 is 5.32 Å². The quantitative estimate of drug-likeness (QED) is 0.631. The highest BCUT2D eigenvalue weighted by atomic mass is 35.5. The van der Waals surface area contributed by atoms with Crippen molar-refractivity contribution in [3.8, 4) is 0 Å². The van der Waals surface area contributed by atoms with Gasteiger partial charge in [-0.3, -0.25) is 9.59 Å². The van der Waals surface area contributed by atoms with Gasteiger partial charge in [0.05, 0.1) is 5.75 Å². The van der Waals surface area contributed by atoms with Crippen LogP contribution in [-0.4, -0.2) is 35.1 Å². The van der Waals surface area contributed by atoms with Gasteiger partial charge in [0.2, 0.25) is 11.8 Å². The topological polar surface area (TPSA) is 49.4 Å². The van der Waals surface area contributed by atoms with Crippen molar-refractivity contribution >= 4 is 35.2 Å². The molecule has 0 saturated carbocycles. The standard InChI is InChI=1S/C21H25ClN2O2S/c1-3-19(21(26)23-4-2)24(14-16-8-6-5-7-9-16)20(25)15-27-18-12-10-17(22)11-13-18/h5-13,19H,3-4,14-15H2,1-2H3,(H,23,26)/t19-/m1/s1. The van der Waals surface area contributed by atoms with E-state index in [4.69, 9.17) is 11.6 Å². The number of carbonyl (C=O) groups excluding carboxylic acids is 2. The first-order valence-corrected chi connectivity index (χ1v) is 10.4. The Hall–Kier alpha value is -1.98. The van der Waals surface area contributed by atoms with Gasteiger partial charge in [-0.1, -0.05) is 48.9 Å². The molecule has 0 aliphatic heterocycles. The summed E-state index contributed by atoms with van der Waals surface area (Å²) < 4.78 is 0. The zero-order valence-corrected chi connectivity index (χ0v) is 17.2. The first-order chi connectivity index (χ1) is 13.0. The Balaban J connectivity index is 2.14. The minimum atomic E-state index is -0.483. The van der Waals surface area contributed by atoms with Gasteiger partial charge < -0.3 is 10.2 Å². The number of hydrogen-bond donors (Lipinski definition) is 1. The molecule has 0 radical (unpaired) electrons. The molecular weight excluding hydrogens is 380 g/mol. The van der Waals surface area contributed by atoms with Crippen molar-refractivity contribution in [2.24, 2.45) is 0 Å². The molecule has 0 bridgehead atoms. The molecule has 144 valence electrons. The van der Waals surface area contributed by atoms with E-state index < -0.39 is 6.04 Å². The third-order valence-electron chi connectivity index (χ3n) is 4.11. The molecule has 0 aliphatic carbocycles. The average Bonchev–Trinajstić information content (AvgIpc) is 2.68. The fourth-order valence-corrected chi connectivity index (χ4v) is 3.66. The number of nitrogens with zero attached hydrogens (tertiary/aromatic N) is 1. The largest absolute Gasteiger partial charge is 0.355 e. The van der Waals surface area contributed by atoms with Gasteiger partial charge in [-0.25, -0.2) is 0 Å². The molecule has 4 nitrogen and oxygen atoms in total. The van der Waals surface area contributed by atoms with E-state index in [2.05, 4.69) is 5.32 Å². The van der Waals surface area contributed by atoms with Crippen LogP contribution in [0.25, 0.3) is 0 Å². The van der Waals surface area contributed by atoms with Gasteiger partial charge >= 0.3 is 0 Å². The second-order valence-electron chi connectivity index (χ2n) is 6.07. The van der Waals surface area contributed by atoms with E-state index in [-0.39, 0.29) is 17.6 Å². The molecule has 2 amide bonds. The van der Waals surface area contributed by atoms with Crippen LogP contribution >= 0.6 is 23.4 Å². The van der Waals surface area contributed by atoms with Crippen molar-refractivity contribution in [3.63, 3.8) is 0 Å². The molecule has 1 atom stereocenters. The van der Waals surface area contributed by atoms with E-state index >= 15 is 0 Å². The van der Waals surface area contributed by atoms with Crippen molar-refractivity contribution in [3.05, 3.63) is 65.2 Å². The van der Waals surface area contributed by atoms with Gasteiger partial charge in [-0.05, 0) is 43.2 Å². The van der Waals surface area contributed by atoms with Gasteiger partial charge in [-0.15, -0.1) is 11.8 Å². The van der Waals surface area contributed by atoms with Crippen LogP contribution in [0, 0.1) is 0 Å². The average molecular weight is 405 g/mol. The predicted molar refractivity (Wildman–Crippen MR) is 112 cm³/mol. The SMILES string of the molecule is CCNC(=O)[C@@H](CC)N(Cc1ccccc1)C(=O)CSc1ccc(Cl)cc1. The molecule has 0 unspecified atom stereocenters. The van der Waals surface area contributed by atoms with Crippen LogP contribution in [0.4, 0.5) is 0 Å². The first kappa shape index (κ1) is 21.3. The molecule has 27 heavy (non-hydrogen) atoms. The summed E-state index contributed by atoms with van der Waals surface area (Å²) in [5, 5.41) is 3.51. The minimum absolute atomic E-state index is 0.0584. The maximum Gasteiger partial charge on any atom is 0.242 e. The van der Waals surface area contributed by atoms with Crippen LogP contribution in [0.5, 0.6) is 0 Å². The molecule has 0 aromatic heterocycles. The molecule has 0 saturated heterocycles. The summed E-state index contributed by atoms with van der Waals surface area (Å²) in [7, 11) is 0. The molecule has 6 heteroatoms. The molecule has 1 N–H and O–H groups in total. The summed E-state index contributed by atoms with van der Waals surface area (Å²) in [6.07, 6.45) is 0.565. The molecule has 2 aromatic rings. The predicted octanol–water partition coefficient (Wildman–Crippen LogP) is 4.38. The summed E-state index contributed by atoms with van der Waals surface area (Å²) in [5.41, 5.74) is 1.00. The van der Waals surface area contributed by atoms with Crippen LogP contribution in [0.15, 0.2) is 59.5 Å². The Morgan fingerprint density at radius 1 is 1.07 bits per heavy atom. The van der Waals surface area contributed by atoms with Crippen molar-refractivity contribution in [2.45, 2.75) is 37.8 Å². The fourth-order valence-electron chi connectivity index (χ4n) is 2.75. The van der Waals surface area contributed by atoms with E-state index in [1.165, 1.54) is 11.8 Å². The van der Waals surface area contributed by atoms with Crippen molar-refractivity contribution in [1.29, 1.82) is 0 Å². The Bertz CT molecular complexity index is 738. The lowest BCUT2D eigenvalue weighted by molar-refractivity contribution is -0.139. The van der Waals surface area contributed by atoms with Gasteiger partial charge in [0.1, 0.15) is 6.04 Å². The summed E-state index contributed by atoms with van der Waals surface area (Å²) >= 11 is 7.36. The maximum atomic E-state index is 13.0. The lowest BCUT2D eigenvalue weighted by Gasteiger charge is -2.30. The normalized spacial score (nSPS) is 11.7. The van der Waals surface area contributed by atoms with Crippen LogP contribution in [0.1, 0.15) is 25.8 Å². The highest BCUT2D eigenvalue weighted by Gasteiger charge is 2.28. The highest BCUT2D eigenvalue weighted by Crippen LogP contribution is 2.22. The Kier molecular flexibility index (Phi) is 8.69. The monoisotopic (exact) mass is 404 g/mol. The lowest BCUT2D eigenvalue weighted by atomic mass is 10.1. The smallest absolute Gasteiger partial charge is 0.242 e. The molecule has 2 rings (SSSR count). The minimum Gasteiger partial charge on any atom is -0.355 e. The lowest BCUT2D eigenvalue weighted by Crippen LogP contribution is -2.49. The van der Waals surface area contributed by atoms with Gasteiger partial charge in [0, 0.05) is 23.0 Å². The third kappa shape index (κ3) is 6.60. The Labute approximate surface area is 170 Å². The number of rotatable bonds is 9. The van der Waals surface area contributed by atoms with Gasteiger partial charge in [0.15, 0.2) is 0 Å². The number of thioether (sulfide) groups is 1. The first-order valence-electron chi connectivity index (χ1n) is 9.04. The summed E-state index contributed by atoms with van der Waals surface area (Å²) in [6, 6.07) is 16.7. The highest BCUT2D eigenvalue weighted by molar-refractivity contribution is 8.00. The van der Waals surface area contributed by atoms with E-state index in [0.29, 0.717) is 24.5 Å². The second kappa shape index (κ2) is 11.0. The number of nitrogens with one attached hydrogen (secondary N) is 1. The maximum absolute atomic E-state index is 13.0. The molecule has 2 aromatic carbocycles. The van der Waals surface area contributed by atoms with Gasteiger partial charge in [-0.2, -0.15) is 0 Å². The van der Waals surface area contributed by atoms with Gasteiger partial charge in [0.25, 0.3) is 0 Å². The Morgan fingerprint density at radius 2 is 1.74 bits per heavy atom. The molecular formula is C21H25ClN2O2S. The van der Waals surface area contributed by atoms with Crippen LogP contribution in [-0.2, 0) is 16.1 Å². The van der Waals surface area contributed by atoms with Crippen LogP contribution in [0.2, 0.25) is 5.02 Å². The van der Waals surface area contributed by atoms with E-state index in [1.807, 2.05) is 56.3 Å². The molecule has 0 aliphatic rings. The number of hydrogen-bond acceptors (Lipinski definition) is 3. The number of likely N-dealkylation sites (N-methyl/N-ethyl adjacent to an activating group) is 1. The van der Waals surface area contributed by atoms with E-state index in [9.17, 15) is 9.59 Å². The Morgan fingerprint density at radius 3 is 2.33 bits per heavy atom. The number of amides is 2.